The first-order valence-electron chi connectivity index (χ1n) is 6.50. The zero-order valence-corrected chi connectivity index (χ0v) is 13.5. The third-order valence-electron chi connectivity index (χ3n) is 3.34. The third-order valence-corrected chi connectivity index (χ3v) is 4.64. The Morgan fingerprint density at radius 3 is 2.76 bits per heavy atom. The molecule has 0 amide bonds. The van der Waals surface area contributed by atoms with Crippen LogP contribution in [0.4, 0.5) is 0 Å². The first kappa shape index (κ1) is 14.3. The Kier molecular flexibility index (Phi) is 4.07. The van der Waals surface area contributed by atoms with Gasteiger partial charge in [-0.25, -0.2) is 4.98 Å². The summed E-state index contributed by atoms with van der Waals surface area (Å²) in [5.41, 5.74) is 1.85. The molecule has 1 N–H and O–H groups in total. The molecule has 4 nitrogen and oxygen atoms in total. The Labute approximate surface area is 134 Å². The van der Waals surface area contributed by atoms with Crippen molar-refractivity contribution in [2.45, 2.75) is 12.8 Å². The van der Waals surface area contributed by atoms with Crippen molar-refractivity contribution in [3.8, 4) is 0 Å². The van der Waals surface area contributed by atoms with Gasteiger partial charge >= 0.3 is 5.97 Å². The highest BCUT2D eigenvalue weighted by Gasteiger charge is 2.20. The van der Waals surface area contributed by atoms with Gasteiger partial charge in [-0.05, 0) is 24.1 Å². The molecule has 2 heterocycles. The molecule has 6 heteroatoms. The molecule has 108 valence electrons. The first-order chi connectivity index (χ1) is 10.1. The van der Waals surface area contributed by atoms with Crippen molar-refractivity contribution in [1.82, 2.24) is 9.38 Å². The quantitative estimate of drug-likeness (QED) is 0.751. The van der Waals surface area contributed by atoms with Crippen LogP contribution in [0, 0.1) is 5.92 Å². The van der Waals surface area contributed by atoms with Crippen LogP contribution in [0.25, 0.3) is 4.96 Å². The smallest absolute Gasteiger partial charge is 0.307 e. The SMILES string of the molecule is O=C(O)C(Cc1ccc(Br)cc1)Cc1cn2ccsc2n1. The summed E-state index contributed by atoms with van der Waals surface area (Å²) in [6.07, 6.45) is 4.79. The highest BCUT2D eigenvalue weighted by molar-refractivity contribution is 9.10. The van der Waals surface area contributed by atoms with E-state index < -0.39 is 11.9 Å². The van der Waals surface area contributed by atoms with Crippen LogP contribution in [0.3, 0.4) is 0 Å². The van der Waals surface area contributed by atoms with E-state index in [0.717, 1.165) is 20.7 Å². The second-order valence-corrected chi connectivity index (χ2v) is 6.68. The molecule has 0 saturated heterocycles. The van der Waals surface area contributed by atoms with Crippen LogP contribution in [0.2, 0.25) is 0 Å². The van der Waals surface area contributed by atoms with E-state index in [-0.39, 0.29) is 0 Å². The molecule has 0 saturated carbocycles. The predicted octanol–water partition coefficient (Wildman–Crippen LogP) is 3.64. The van der Waals surface area contributed by atoms with Crippen molar-refractivity contribution < 1.29 is 9.90 Å². The number of rotatable bonds is 5. The molecule has 1 aromatic carbocycles. The summed E-state index contributed by atoms with van der Waals surface area (Å²) >= 11 is 4.93. The number of imidazole rings is 1. The molecular weight excluding hydrogens is 352 g/mol. The third kappa shape index (κ3) is 3.33. The molecule has 0 aliphatic rings. The fourth-order valence-electron chi connectivity index (χ4n) is 2.28. The number of aromatic nitrogens is 2. The van der Waals surface area contributed by atoms with E-state index >= 15 is 0 Å². The van der Waals surface area contributed by atoms with E-state index in [4.69, 9.17) is 0 Å². The first-order valence-corrected chi connectivity index (χ1v) is 8.17. The number of carbonyl (C=O) groups is 1. The van der Waals surface area contributed by atoms with Crippen molar-refractivity contribution in [1.29, 1.82) is 0 Å². The molecule has 21 heavy (non-hydrogen) atoms. The van der Waals surface area contributed by atoms with Crippen molar-refractivity contribution in [2.75, 3.05) is 0 Å². The van der Waals surface area contributed by atoms with Crippen LogP contribution in [-0.2, 0) is 17.6 Å². The fraction of sp³-hybridized carbons (Fsp3) is 0.200. The molecule has 0 aliphatic heterocycles. The summed E-state index contributed by atoms with van der Waals surface area (Å²) < 4.78 is 2.92. The summed E-state index contributed by atoms with van der Waals surface area (Å²) in [6, 6.07) is 7.76. The molecule has 3 aromatic rings. The Morgan fingerprint density at radius 2 is 2.10 bits per heavy atom. The number of halogens is 1. The van der Waals surface area contributed by atoms with Crippen molar-refractivity contribution in [3.63, 3.8) is 0 Å². The van der Waals surface area contributed by atoms with Gasteiger partial charge in [0.25, 0.3) is 0 Å². The Hall–Kier alpha value is -1.66. The number of aliphatic carboxylic acids is 1. The standard InChI is InChI=1S/C15H13BrN2O2S/c16-12-3-1-10(2-4-12)7-11(14(19)20)8-13-9-18-5-6-21-15(18)17-13/h1-6,9,11H,7-8H2,(H,19,20). The summed E-state index contributed by atoms with van der Waals surface area (Å²) in [7, 11) is 0. The number of benzene rings is 1. The van der Waals surface area contributed by atoms with Crippen molar-refractivity contribution in [3.05, 3.63) is 57.8 Å². The average Bonchev–Trinajstić information content (AvgIpc) is 3.01. The molecule has 1 unspecified atom stereocenters. The summed E-state index contributed by atoms with van der Waals surface area (Å²) in [5, 5.41) is 11.4. The molecule has 0 spiro atoms. The van der Waals surface area contributed by atoms with E-state index in [1.54, 1.807) is 11.3 Å². The van der Waals surface area contributed by atoms with Gasteiger partial charge in [0, 0.05) is 28.7 Å². The number of carboxylic acids is 1. The Balaban J connectivity index is 1.76. The highest BCUT2D eigenvalue weighted by atomic mass is 79.9. The van der Waals surface area contributed by atoms with Crippen LogP contribution >= 0.6 is 27.3 Å². The van der Waals surface area contributed by atoms with Crippen molar-refractivity contribution in [2.24, 2.45) is 5.92 Å². The van der Waals surface area contributed by atoms with Gasteiger partial charge in [0.1, 0.15) is 0 Å². The summed E-state index contributed by atoms with van der Waals surface area (Å²) in [6.45, 7) is 0. The van der Waals surface area contributed by atoms with Gasteiger partial charge < -0.3 is 5.11 Å². The highest BCUT2D eigenvalue weighted by Crippen LogP contribution is 2.19. The van der Waals surface area contributed by atoms with E-state index in [1.165, 1.54) is 0 Å². The Bertz CT molecular complexity index is 735. The minimum Gasteiger partial charge on any atom is -0.481 e. The van der Waals surface area contributed by atoms with Gasteiger partial charge in [-0.3, -0.25) is 9.20 Å². The van der Waals surface area contributed by atoms with E-state index in [2.05, 4.69) is 20.9 Å². The minimum absolute atomic E-state index is 0.444. The lowest BCUT2D eigenvalue weighted by atomic mass is 9.95. The van der Waals surface area contributed by atoms with E-state index in [0.29, 0.717) is 12.8 Å². The predicted molar refractivity (Wildman–Crippen MR) is 85.7 cm³/mol. The van der Waals surface area contributed by atoms with Gasteiger partial charge in [-0.2, -0.15) is 0 Å². The monoisotopic (exact) mass is 364 g/mol. The number of hydrogen-bond acceptors (Lipinski definition) is 3. The van der Waals surface area contributed by atoms with Crippen LogP contribution < -0.4 is 0 Å². The van der Waals surface area contributed by atoms with Crippen LogP contribution in [0.1, 0.15) is 11.3 Å². The number of hydrogen-bond donors (Lipinski definition) is 1. The summed E-state index contributed by atoms with van der Waals surface area (Å²) in [5.74, 6) is -1.25. The van der Waals surface area contributed by atoms with Crippen LogP contribution in [0.15, 0.2) is 46.5 Å². The fourth-order valence-corrected chi connectivity index (χ4v) is 3.26. The van der Waals surface area contributed by atoms with Crippen LogP contribution in [-0.4, -0.2) is 20.5 Å². The second kappa shape index (κ2) is 5.99. The average molecular weight is 365 g/mol. The zero-order chi connectivity index (χ0) is 14.8. The maximum absolute atomic E-state index is 11.5. The normalized spacial score (nSPS) is 12.6. The van der Waals surface area contributed by atoms with Gasteiger partial charge in [0.05, 0.1) is 11.6 Å². The minimum atomic E-state index is -0.783. The van der Waals surface area contributed by atoms with Crippen LogP contribution in [0.5, 0.6) is 0 Å². The number of fused-ring (bicyclic) bond motifs is 1. The molecule has 0 fully saturated rings. The van der Waals surface area contributed by atoms with Crippen molar-refractivity contribution >= 4 is 38.2 Å². The number of carboxylic acid groups (broad SMARTS) is 1. The molecule has 0 aliphatic carbocycles. The van der Waals surface area contributed by atoms with E-state index in [1.807, 2.05) is 46.4 Å². The molecule has 0 bridgehead atoms. The van der Waals surface area contributed by atoms with Gasteiger partial charge in [0.2, 0.25) is 0 Å². The largest absolute Gasteiger partial charge is 0.481 e. The molecule has 1 atom stereocenters. The maximum atomic E-state index is 11.5. The molecular formula is C15H13BrN2O2S. The number of thiazole rings is 1. The molecule has 2 aromatic heterocycles. The lowest BCUT2D eigenvalue weighted by Gasteiger charge is -2.11. The van der Waals surface area contributed by atoms with Gasteiger partial charge in [-0.15, -0.1) is 11.3 Å². The maximum Gasteiger partial charge on any atom is 0.307 e. The zero-order valence-electron chi connectivity index (χ0n) is 11.1. The number of nitrogens with zero attached hydrogens (tertiary/aromatic N) is 2. The lowest BCUT2D eigenvalue weighted by molar-refractivity contribution is -0.141. The molecule has 0 radical (unpaired) electrons. The Morgan fingerprint density at radius 1 is 1.33 bits per heavy atom. The van der Waals surface area contributed by atoms with Gasteiger partial charge in [-0.1, -0.05) is 28.1 Å². The molecule has 3 rings (SSSR count). The second-order valence-electron chi connectivity index (χ2n) is 4.89. The lowest BCUT2D eigenvalue weighted by Crippen LogP contribution is -2.19. The topological polar surface area (TPSA) is 54.6 Å². The summed E-state index contributed by atoms with van der Waals surface area (Å²) in [4.78, 5) is 16.8. The van der Waals surface area contributed by atoms with Gasteiger partial charge in [0.15, 0.2) is 4.96 Å². The van der Waals surface area contributed by atoms with E-state index in [9.17, 15) is 9.90 Å².